The van der Waals surface area contributed by atoms with Gasteiger partial charge in [0.25, 0.3) is 17.1 Å². The van der Waals surface area contributed by atoms with E-state index in [0.717, 1.165) is 29.8 Å². The first kappa shape index (κ1) is 69.4. The number of phenolic OH excluding ortho intramolecular Hbond substituents is 3. The highest BCUT2D eigenvalue weighted by Gasteiger charge is 2.32. The largest absolute Gasteiger partial charge is 0.507 e. The molecule has 79 heavy (non-hydrogen) atoms. The Kier molecular flexibility index (Phi) is 28.0. The van der Waals surface area contributed by atoms with E-state index in [9.17, 15) is 55.7 Å². The number of carboxylic acids is 1. The average Bonchev–Trinajstić information content (AvgIpc) is 3.34. The molecule has 30 heteroatoms. The average molecular weight is 1320 g/mol. The number of hydrogen-bond donors (Lipinski definition) is 8. The van der Waals surface area contributed by atoms with Crippen molar-refractivity contribution in [2.75, 3.05) is 16.4 Å². The van der Waals surface area contributed by atoms with Crippen molar-refractivity contribution in [1.29, 1.82) is 0 Å². The number of halogens is 16. The summed E-state index contributed by atoms with van der Waals surface area (Å²) in [5, 5.41) is 50.8. The van der Waals surface area contributed by atoms with Gasteiger partial charge in [-0.3, -0.25) is 14.4 Å². The highest BCUT2D eigenvalue weighted by atomic mass is 36.0. The Morgan fingerprint density at radius 3 is 1.06 bits per heavy atom. The van der Waals surface area contributed by atoms with Crippen LogP contribution in [-0.2, 0) is 21.6 Å². The van der Waals surface area contributed by atoms with Gasteiger partial charge < -0.3 is 41.9 Å². The monoisotopic (exact) mass is 1320 g/mol. The predicted octanol–water partition coefficient (Wildman–Crippen LogP) is 17.4. The second kappa shape index (κ2) is 31.9. The van der Waals surface area contributed by atoms with Crippen LogP contribution in [0.15, 0.2) is 127 Å². The van der Waals surface area contributed by atoms with Gasteiger partial charge in [0.2, 0.25) is 9.23 Å². The number of carbonyl (C=O) groups is 4. The van der Waals surface area contributed by atoms with Crippen LogP contribution in [0.3, 0.4) is 0 Å². The summed E-state index contributed by atoms with van der Waals surface area (Å²) in [6, 6.07) is 26.3. The van der Waals surface area contributed by atoms with Gasteiger partial charge in [0.05, 0.1) is 59.9 Å². The molecule has 13 nitrogen and oxygen atoms in total. The number of aryl methyl sites for hydroxylation is 1. The van der Waals surface area contributed by atoms with Gasteiger partial charge in [-0.25, -0.2) is 9.00 Å². The number of nitrogens with one attached hydrogen (secondary N) is 2. The van der Waals surface area contributed by atoms with Crippen LogP contribution in [0.5, 0.6) is 23.0 Å². The number of alkyl halides is 6. The molecule has 422 valence electrons. The van der Waals surface area contributed by atoms with Gasteiger partial charge >= 0.3 is 18.3 Å². The van der Waals surface area contributed by atoms with E-state index in [0.29, 0.717) is 32.9 Å². The summed E-state index contributed by atoms with van der Waals surface area (Å²) < 4.78 is 84.3. The lowest BCUT2D eigenvalue weighted by Crippen LogP contribution is -2.13. The molecule has 7 rings (SSSR count). The summed E-state index contributed by atoms with van der Waals surface area (Å²) in [5.41, 5.74) is 4.94. The van der Waals surface area contributed by atoms with Gasteiger partial charge in [-0.1, -0.05) is 87.3 Å². The third kappa shape index (κ3) is 24.3. The van der Waals surface area contributed by atoms with Crippen molar-refractivity contribution >= 4 is 163 Å². The second-order valence-corrected chi connectivity index (χ2v) is 20.6. The van der Waals surface area contributed by atoms with Crippen LogP contribution < -0.4 is 16.4 Å². The zero-order valence-corrected chi connectivity index (χ0v) is 47.3. The quantitative estimate of drug-likeness (QED) is 0.0443. The molecule has 0 atom stereocenters. The summed E-state index contributed by atoms with van der Waals surface area (Å²) >= 11 is 44.8. The fourth-order valence-corrected chi connectivity index (χ4v) is 6.85. The Morgan fingerprint density at radius 1 is 0.481 bits per heavy atom. The van der Waals surface area contributed by atoms with Crippen molar-refractivity contribution in [2.45, 2.75) is 19.3 Å². The molecule has 0 aliphatic heterocycles. The summed E-state index contributed by atoms with van der Waals surface area (Å²) in [5.74, 6) is -3.75. The first-order valence-corrected chi connectivity index (χ1v) is 26.3. The maximum atomic E-state index is 12.5. The highest BCUT2D eigenvalue weighted by Crippen LogP contribution is 2.36. The molecule has 7 aromatic rings. The minimum Gasteiger partial charge on any atom is -0.507 e. The molecule has 7 aromatic carbocycles. The third-order valence-electron chi connectivity index (χ3n) is 9.01. The number of amides is 2. The van der Waals surface area contributed by atoms with Crippen LogP contribution >= 0.6 is 114 Å². The van der Waals surface area contributed by atoms with E-state index >= 15 is 0 Å². The van der Waals surface area contributed by atoms with Crippen molar-refractivity contribution in [3.8, 4) is 23.0 Å². The molecule has 0 aliphatic rings. The van der Waals surface area contributed by atoms with E-state index in [1.807, 2.05) is 19.1 Å². The van der Waals surface area contributed by atoms with Gasteiger partial charge in [0.1, 0.15) is 28.6 Å². The summed E-state index contributed by atoms with van der Waals surface area (Å²) in [6.07, 6.45) is -9.06. The molecule has 0 saturated carbocycles. The normalized spacial score (nSPS) is 10.5. The molecule has 0 spiro atoms. The Hall–Kier alpha value is -5.75. The lowest BCUT2D eigenvalue weighted by molar-refractivity contribution is -0.138. The maximum absolute atomic E-state index is 12.5. The van der Waals surface area contributed by atoms with Crippen molar-refractivity contribution in [3.63, 3.8) is 0 Å². The lowest BCUT2D eigenvalue weighted by atomic mass is 10.1. The summed E-state index contributed by atoms with van der Waals surface area (Å²) in [6.45, 7) is 1.98. The minimum atomic E-state index is -4.53. The van der Waals surface area contributed by atoms with Crippen LogP contribution in [0, 0.1) is 6.92 Å². The van der Waals surface area contributed by atoms with Crippen molar-refractivity contribution in [2.24, 2.45) is 0 Å². The van der Waals surface area contributed by atoms with E-state index in [1.54, 1.807) is 6.07 Å². The van der Waals surface area contributed by atoms with Gasteiger partial charge in [-0.05, 0) is 145 Å². The zero-order chi connectivity index (χ0) is 60.3. The van der Waals surface area contributed by atoms with Crippen LogP contribution in [0.4, 0.5) is 43.4 Å². The van der Waals surface area contributed by atoms with Crippen LogP contribution in [0.1, 0.15) is 58.1 Å². The zero-order valence-electron chi connectivity index (χ0n) is 38.9. The molecule has 0 saturated heterocycles. The number of carboxylic acid groups (broad SMARTS) is 1. The number of rotatable bonds is 6. The molecule has 0 bridgehead atoms. The molecule has 0 radical (unpaired) electrons. The number of phenols is 4. The molecule has 2 amide bonds. The van der Waals surface area contributed by atoms with Crippen LogP contribution in [0.2, 0.25) is 35.2 Å². The number of hydrogen-bond acceptors (Lipinski definition) is 10. The molecule has 0 aliphatic carbocycles. The number of aromatic hydroxyl groups is 4. The molecule has 9 N–H and O–H groups in total. The van der Waals surface area contributed by atoms with Crippen LogP contribution in [0.25, 0.3) is 0 Å². The predicted molar refractivity (Wildman–Crippen MR) is 299 cm³/mol. The topological polar surface area (TPSA) is 237 Å². The number of anilines is 3. The molecule has 0 fully saturated rings. The van der Waals surface area contributed by atoms with E-state index < -0.39 is 55.7 Å². The van der Waals surface area contributed by atoms with Gasteiger partial charge in [0.15, 0.2) is 0 Å². The molecule has 0 heterocycles. The fraction of sp³-hybridized carbons (Fsp3) is 0.0612. The molecular weight excluding hydrogens is 1290 g/mol. The number of aromatic carboxylic acids is 1. The van der Waals surface area contributed by atoms with Crippen LogP contribution in [-0.4, -0.2) is 52.8 Å². The summed E-state index contributed by atoms with van der Waals surface area (Å²) in [4.78, 5) is 44.9. The van der Waals surface area contributed by atoms with E-state index in [-0.39, 0.29) is 76.7 Å². The lowest BCUT2D eigenvalue weighted by Gasteiger charge is -2.11. The maximum Gasteiger partial charge on any atom is 0.416 e. The number of nitrogens with two attached hydrogens (primary N) is 1. The van der Waals surface area contributed by atoms with Crippen molar-refractivity contribution in [3.05, 3.63) is 201 Å². The first-order chi connectivity index (χ1) is 36.5. The van der Waals surface area contributed by atoms with Gasteiger partial charge in [0, 0.05) is 41.5 Å². The molecule has 0 aromatic heterocycles. The second-order valence-electron chi connectivity index (χ2n) is 14.7. The van der Waals surface area contributed by atoms with E-state index in [4.69, 9.17) is 118 Å². The number of carbonyl (C=O) groups excluding carboxylic acids is 3. The first-order valence-electron chi connectivity index (χ1n) is 20.5. The minimum absolute atomic E-state index is 0.0148. The molecule has 0 unspecified atom stereocenters. The standard InChI is InChI=1S/2C14H8Cl2F3NO2.C7H4Cl2O2.C7H8ClN.C7H5ClO3.Cl2OS/c2*15-8-2-4-12(21)9(6-8)13(22)20-11-3-1-7(5-10(11)16)14(17,18)19;8-4-1-2-6(10)5(3-4)7(9)11;1-5-2-3-7(9)6(8)4-5;8-4-1-2-6(9)5(3-4)7(10)11;1-4(2)3/h2*1-6,21H,(H,20,22);1-3,10H;2-4H,9H2,1H3;1-3,9H,(H,10,11);. The fourth-order valence-electron chi connectivity index (χ4n) is 5.32. The molecular formula is C49H33Cl10F6N3O10S. The number of benzene rings is 7. The number of nitrogen functional groups attached to an aromatic ring is 1. The van der Waals surface area contributed by atoms with Crippen molar-refractivity contribution in [1.82, 2.24) is 0 Å². The smallest absolute Gasteiger partial charge is 0.416 e. The Balaban J connectivity index is 0.000000346. The Labute approximate surface area is 495 Å². The van der Waals surface area contributed by atoms with E-state index in [1.165, 1.54) is 72.8 Å². The Morgan fingerprint density at radius 2 is 0.797 bits per heavy atom. The summed E-state index contributed by atoms with van der Waals surface area (Å²) in [7, 11) is 7.36. The SMILES string of the molecule is Cc1ccc(N)c(Cl)c1.O=C(Cl)c1cc(Cl)ccc1O.O=C(Nc1ccc(C(F)(F)F)cc1Cl)c1cc(Cl)ccc1O.O=C(Nc1ccc(C(F)(F)F)cc1Cl)c1cc(Cl)ccc1O.O=C(O)c1cc(Cl)ccc1O.O=S(Cl)Cl. The van der Waals surface area contributed by atoms with Gasteiger partial charge in [-0.2, -0.15) is 26.3 Å². The third-order valence-corrected chi connectivity index (χ3v) is 11.1. The van der Waals surface area contributed by atoms with E-state index in [2.05, 4.69) is 32.0 Å². The highest BCUT2D eigenvalue weighted by molar-refractivity contribution is 8.26. The van der Waals surface area contributed by atoms with Crippen molar-refractivity contribution < 1.29 is 75.3 Å². The van der Waals surface area contributed by atoms with Gasteiger partial charge in [-0.15, -0.1) is 0 Å². The Bertz CT molecular complexity index is 3150.